The van der Waals surface area contributed by atoms with Crippen LogP contribution in [0.5, 0.6) is 17.2 Å². The van der Waals surface area contributed by atoms with Gasteiger partial charge in [-0.05, 0) is 61.9 Å². The Kier molecular flexibility index (Phi) is 6.80. The van der Waals surface area contributed by atoms with E-state index in [9.17, 15) is 9.59 Å². The number of amides is 2. The Hall–Kier alpha value is -3.26. The molecule has 0 bridgehead atoms. The first kappa shape index (κ1) is 22.0. The molecule has 0 radical (unpaired) electrons. The molecule has 2 amide bonds. The molecule has 170 valence electrons. The molecule has 1 atom stereocenters. The third-order valence-corrected chi connectivity index (χ3v) is 5.72. The van der Waals surface area contributed by atoms with E-state index >= 15 is 0 Å². The average molecular weight is 440 g/mol. The molecule has 4 rings (SSSR count). The van der Waals surface area contributed by atoms with Crippen molar-refractivity contribution < 1.29 is 23.8 Å². The summed E-state index contributed by atoms with van der Waals surface area (Å²) in [5.74, 6) is 2.06. The van der Waals surface area contributed by atoms with Crippen molar-refractivity contribution in [2.45, 2.75) is 18.9 Å². The summed E-state index contributed by atoms with van der Waals surface area (Å²) in [5.41, 5.74) is 1.74. The Morgan fingerprint density at radius 2 is 1.84 bits per heavy atom. The van der Waals surface area contributed by atoms with E-state index in [1.165, 1.54) is 0 Å². The fourth-order valence-electron chi connectivity index (χ4n) is 4.18. The van der Waals surface area contributed by atoms with Gasteiger partial charge in [0.25, 0.3) is 0 Å². The molecule has 8 nitrogen and oxygen atoms in total. The van der Waals surface area contributed by atoms with Crippen LogP contribution in [0.2, 0.25) is 0 Å². The van der Waals surface area contributed by atoms with Gasteiger partial charge in [0, 0.05) is 12.2 Å². The summed E-state index contributed by atoms with van der Waals surface area (Å²) < 4.78 is 16.4. The van der Waals surface area contributed by atoms with Gasteiger partial charge < -0.3 is 24.4 Å². The molecule has 0 aliphatic carbocycles. The number of hydrogen-bond donors (Lipinski definition) is 1. The van der Waals surface area contributed by atoms with E-state index in [0.717, 1.165) is 35.7 Å². The molecule has 1 fully saturated rings. The first-order chi connectivity index (χ1) is 15.5. The van der Waals surface area contributed by atoms with Crippen LogP contribution >= 0.6 is 0 Å². The van der Waals surface area contributed by atoms with Gasteiger partial charge >= 0.3 is 0 Å². The third-order valence-electron chi connectivity index (χ3n) is 5.72. The molecule has 1 saturated heterocycles. The Labute approximate surface area is 188 Å². The van der Waals surface area contributed by atoms with Gasteiger partial charge in [0.05, 0.1) is 26.2 Å². The van der Waals surface area contributed by atoms with Gasteiger partial charge in [0.1, 0.15) is 19.0 Å². The van der Waals surface area contributed by atoms with Crippen LogP contribution in [0.3, 0.4) is 0 Å². The zero-order chi connectivity index (χ0) is 22.5. The van der Waals surface area contributed by atoms with Gasteiger partial charge in [0.2, 0.25) is 11.8 Å². The molecule has 2 aliphatic heterocycles. The van der Waals surface area contributed by atoms with Crippen LogP contribution in [-0.4, -0.2) is 68.6 Å². The van der Waals surface area contributed by atoms with Crippen LogP contribution < -0.4 is 19.5 Å². The number of methoxy groups -OCH3 is 1. The fraction of sp³-hybridized carbons (Fsp3) is 0.417. The molecule has 1 unspecified atom stereocenters. The summed E-state index contributed by atoms with van der Waals surface area (Å²) >= 11 is 0. The lowest BCUT2D eigenvalue weighted by molar-refractivity contribution is -0.133. The largest absolute Gasteiger partial charge is 0.497 e. The van der Waals surface area contributed by atoms with E-state index in [1.807, 2.05) is 23.1 Å². The summed E-state index contributed by atoms with van der Waals surface area (Å²) in [6.07, 6.45) is 1.86. The average Bonchev–Trinajstić information content (AvgIpc) is 3.29. The first-order valence-corrected chi connectivity index (χ1v) is 10.8. The number of fused-ring (bicyclic) bond motifs is 1. The molecule has 2 heterocycles. The van der Waals surface area contributed by atoms with Crippen LogP contribution in [0.25, 0.3) is 0 Å². The molecule has 2 aromatic carbocycles. The van der Waals surface area contributed by atoms with E-state index in [-0.39, 0.29) is 30.9 Å². The number of rotatable bonds is 7. The van der Waals surface area contributed by atoms with E-state index in [4.69, 9.17) is 14.2 Å². The van der Waals surface area contributed by atoms with Crippen molar-refractivity contribution in [3.05, 3.63) is 48.0 Å². The number of ether oxygens (including phenoxy) is 3. The number of carbonyl (C=O) groups is 2. The minimum absolute atomic E-state index is 0.0138. The van der Waals surface area contributed by atoms with Crippen molar-refractivity contribution in [2.24, 2.45) is 0 Å². The fourth-order valence-corrected chi connectivity index (χ4v) is 4.18. The molecular weight excluding hydrogens is 410 g/mol. The van der Waals surface area contributed by atoms with Crippen LogP contribution in [-0.2, 0) is 9.59 Å². The van der Waals surface area contributed by atoms with E-state index in [0.29, 0.717) is 25.4 Å². The number of anilines is 1. The summed E-state index contributed by atoms with van der Waals surface area (Å²) in [5, 5.41) is 2.84. The highest BCUT2D eigenvalue weighted by Crippen LogP contribution is 2.38. The second-order valence-corrected chi connectivity index (χ2v) is 8.10. The smallest absolute Gasteiger partial charge is 0.238 e. The van der Waals surface area contributed by atoms with Crippen molar-refractivity contribution in [3.63, 3.8) is 0 Å². The van der Waals surface area contributed by atoms with E-state index in [1.54, 1.807) is 43.3 Å². The zero-order valence-electron chi connectivity index (χ0n) is 18.5. The maximum absolute atomic E-state index is 13.0. The number of likely N-dealkylation sites (tertiary alicyclic amines) is 1. The van der Waals surface area contributed by atoms with E-state index < -0.39 is 0 Å². The number of benzene rings is 2. The van der Waals surface area contributed by atoms with Crippen molar-refractivity contribution in [1.82, 2.24) is 9.80 Å². The normalized spacial score (nSPS) is 17.3. The highest BCUT2D eigenvalue weighted by atomic mass is 16.6. The quantitative estimate of drug-likeness (QED) is 0.715. The van der Waals surface area contributed by atoms with Crippen LogP contribution in [0.15, 0.2) is 42.5 Å². The van der Waals surface area contributed by atoms with Crippen molar-refractivity contribution >= 4 is 17.5 Å². The molecule has 0 aromatic heterocycles. The number of hydrogen-bond acceptors (Lipinski definition) is 6. The van der Waals surface area contributed by atoms with Gasteiger partial charge in [-0.1, -0.05) is 6.07 Å². The predicted octanol–water partition coefficient (Wildman–Crippen LogP) is 2.70. The lowest BCUT2D eigenvalue weighted by Crippen LogP contribution is -2.41. The zero-order valence-corrected chi connectivity index (χ0v) is 18.5. The number of carbonyl (C=O) groups excluding carboxylic acids is 2. The Balaban J connectivity index is 1.32. The van der Waals surface area contributed by atoms with Crippen molar-refractivity contribution in [1.29, 1.82) is 0 Å². The second-order valence-electron chi connectivity index (χ2n) is 8.10. The van der Waals surface area contributed by atoms with Gasteiger partial charge in [0.15, 0.2) is 11.5 Å². The monoisotopic (exact) mass is 439 g/mol. The van der Waals surface area contributed by atoms with Crippen molar-refractivity contribution in [2.75, 3.05) is 52.3 Å². The summed E-state index contributed by atoms with van der Waals surface area (Å²) in [7, 11) is 3.37. The third kappa shape index (κ3) is 5.13. The number of likely N-dealkylation sites (N-methyl/N-ethyl adjacent to an activating group) is 1. The summed E-state index contributed by atoms with van der Waals surface area (Å²) in [6.45, 7) is 2.10. The van der Waals surface area contributed by atoms with E-state index in [2.05, 4.69) is 5.32 Å². The van der Waals surface area contributed by atoms with Gasteiger partial charge in [-0.15, -0.1) is 0 Å². The SMILES string of the molecule is COc1ccc(NC(=O)CN(C)CC(=O)N2CCCC2c2ccc3c(c2)OCCO3)cc1. The molecule has 0 spiro atoms. The van der Waals surface area contributed by atoms with Crippen molar-refractivity contribution in [3.8, 4) is 17.2 Å². The minimum Gasteiger partial charge on any atom is -0.497 e. The topological polar surface area (TPSA) is 80.3 Å². The molecule has 0 saturated carbocycles. The second kappa shape index (κ2) is 9.91. The Morgan fingerprint density at radius 1 is 1.09 bits per heavy atom. The molecule has 1 N–H and O–H groups in total. The predicted molar refractivity (Wildman–Crippen MR) is 120 cm³/mol. The number of nitrogens with zero attached hydrogens (tertiary/aromatic N) is 2. The standard InChI is InChI=1S/C24H29N3O5/c1-26(15-23(28)25-18-6-8-19(30-2)9-7-18)16-24(29)27-11-3-4-20(27)17-5-10-21-22(14-17)32-13-12-31-21/h5-10,14,20H,3-4,11-13,15-16H2,1-2H3,(H,25,28). The molecule has 2 aliphatic rings. The van der Waals surface area contributed by atoms with Crippen LogP contribution in [0.4, 0.5) is 5.69 Å². The van der Waals surface area contributed by atoms with Crippen LogP contribution in [0, 0.1) is 0 Å². The summed E-state index contributed by atoms with van der Waals surface area (Å²) in [4.78, 5) is 29.0. The first-order valence-electron chi connectivity index (χ1n) is 10.8. The lowest BCUT2D eigenvalue weighted by Gasteiger charge is -2.28. The molecule has 2 aromatic rings. The molecular formula is C24H29N3O5. The molecule has 8 heteroatoms. The minimum atomic E-state index is -0.171. The van der Waals surface area contributed by atoms with Gasteiger partial charge in [-0.2, -0.15) is 0 Å². The maximum atomic E-state index is 13.0. The lowest BCUT2D eigenvalue weighted by atomic mass is 10.0. The Bertz CT molecular complexity index is 963. The Morgan fingerprint density at radius 3 is 2.59 bits per heavy atom. The highest BCUT2D eigenvalue weighted by molar-refractivity contribution is 5.92. The number of nitrogens with one attached hydrogen (secondary N) is 1. The van der Waals surface area contributed by atoms with Crippen LogP contribution in [0.1, 0.15) is 24.4 Å². The summed E-state index contributed by atoms with van der Waals surface area (Å²) in [6, 6.07) is 13.1. The van der Waals surface area contributed by atoms with Gasteiger partial charge in [-0.25, -0.2) is 0 Å². The maximum Gasteiger partial charge on any atom is 0.238 e. The highest BCUT2D eigenvalue weighted by Gasteiger charge is 2.31. The molecule has 32 heavy (non-hydrogen) atoms. The van der Waals surface area contributed by atoms with Gasteiger partial charge in [-0.3, -0.25) is 14.5 Å².